The van der Waals surface area contributed by atoms with Crippen molar-refractivity contribution in [2.75, 3.05) is 0 Å². The number of aliphatic carboxylic acids is 1. The van der Waals surface area contributed by atoms with Crippen molar-refractivity contribution in [2.45, 2.75) is 33.4 Å². The van der Waals surface area contributed by atoms with Gasteiger partial charge in [0.25, 0.3) is 0 Å². The molecule has 0 aliphatic carbocycles. The summed E-state index contributed by atoms with van der Waals surface area (Å²) in [5.41, 5.74) is 4.65. The number of carboxylic acids is 1. The van der Waals surface area contributed by atoms with Crippen LogP contribution in [0, 0.1) is 12.8 Å². The van der Waals surface area contributed by atoms with Crippen LogP contribution in [0.2, 0.25) is 0 Å². The van der Waals surface area contributed by atoms with Gasteiger partial charge in [-0.1, -0.05) is 61.9 Å². The fourth-order valence-corrected chi connectivity index (χ4v) is 2.44. The van der Waals surface area contributed by atoms with E-state index in [1.54, 1.807) is 0 Å². The molecule has 1 atom stereocenters. The van der Waals surface area contributed by atoms with Crippen LogP contribution in [0.3, 0.4) is 0 Å². The Labute approximate surface area is 132 Å². The number of carboxylic acid groups (broad SMARTS) is 1. The number of hydrogen-bond acceptors (Lipinski definition) is 2. The minimum absolute atomic E-state index is 0.0535. The largest absolute Gasteiger partial charge is 0.480 e. The van der Waals surface area contributed by atoms with Crippen molar-refractivity contribution in [1.29, 1.82) is 0 Å². The molecule has 2 rings (SSSR count). The molecule has 3 nitrogen and oxygen atoms in total. The van der Waals surface area contributed by atoms with Crippen LogP contribution in [-0.4, -0.2) is 17.1 Å². The zero-order valence-electron chi connectivity index (χ0n) is 13.3. The van der Waals surface area contributed by atoms with Gasteiger partial charge in [-0.3, -0.25) is 4.79 Å². The zero-order chi connectivity index (χ0) is 16.1. The predicted molar refractivity (Wildman–Crippen MR) is 89.7 cm³/mol. The van der Waals surface area contributed by atoms with Gasteiger partial charge < -0.3 is 10.4 Å². The molecule has 2 aromatic carbocycles. The van der Waals surface area contributed by atoms with Gasteiger partial charge in [-0.25, -0.2) is 0 Å². The zero-order valence-corrected chi connectivity index (χ0v) is 13.3. The molecule has 0 amide bonds. The van der Waals surface area contributed by atoms with Crippen LogP contribution in [-0.2, 0) is 11.3 Å². The fraction of sp³-hybridized carbons (Fsp3) is 0.316. The highest BCUT2D eigenvalue weighted by Crippen LogP contribution is 2.21. The van der Waals surface area contributed by atoms with E-state index < -0.39 is 12.0 Å². The Bertz CT molecular complexity index is 632. The summed E-state index contributed by atoms with van der Waals surface area (Å²) in [4.78, 5) is 11.2. The summed E-state index contributed by atoms with van der Waals surface area (Å²) in [5, 5.41) is 12.3. The topological polar surface area (TPSA) is 49.3 Å². The number of nitrogens with one attached hydrogen (secondary N) is 1. The smallest absolute Gasteiger partial charge is 0.320 e. The normalized spacial score (nSPS) is 12.4. The lowest BCUT2D eigenvalue weighted by molar-refractivity contribution is -0.140. The van der Waals surface area contributed by atoms with Crippen molar-refractivity contribution in [3.05, 3.63) is 59.7 Å². The molecule has 22 heavy (non-hydrogen) atoms. The van der Waals surface area contributed by atoms with Crippen molar-refractivity contribution in [3.8, 4) is 11.1 Å². The minimum atomic E-state index is -0.801. The number of aryl methyl sites for hydroxylation is 1. The third kappa shape index (κ3) is 4.18. The average Bonchev–Trinajstić information content (AvgIpc) is 2.48. The Morgan fingerprint density at radius 1 is 1.09 bits per heavy atom. The molecule has 3 heteroatoms. The summed E-state index contributed by atoms with van der Waals surface area (Å²) < 4.78 is 0. The molecule has 1 unspecified atom stereocenters. The molecule has 0 saturated heterocycles. The number of carbonyl (C=O) groups is 1. The van der Waals surface area contributed by atoms with Gasteiger partial charge in [-0.15, -0.1) is 0 Å². The van der Waals surface area contributed by atoms with Crippen molar-refractivity contribution in [1.82, 2.24) is 5.32 Å². The molecule has 0 saturated carbocycles. The quantitative estimate of drug-likeness (QED) is 0.851. The minimum Gasteiger partial charge on any atom is -0.480 e. The van der Waals surface area contributed by atoms with Crippen LogP contribution in [0.5, 0.6) is 0 Å². The van der Waals surface area contributed by atoms with E-state index in [9.17, 15) is 9.90 Å². The lowest BCUT2D eigenvalue weighted by atomic mass is 10.0. The molecular formula is C19H23NO2. The van der Waals surface area contributed by atoms with E-state index in [-0.39, 0.29) is 5.92 Å². The SMILES string of the molecule is Cc1ccc(-c2cccc(CNC(C(=O)O)C(C)C)c2)cc1. The number of benzene rings is 2. The molecule has 116 valence electrons. The molecule has 0 aromatic heterocycles. The third-order valence-corrected chi connectivity index (χ3v) is 3.77. The van der Waals surface area contributed by atoms with Gasteiger partial charge in [-0.05, 0) is 35.6 Å². The lowest BCUT2D eigenvalue weighted by Gasteiger charge is -2.18. The summed E-state index contributed by atoms with van der Waals surface area (Å²) in [7, 11) is 0. The van der Waals surface area contributed by atoms with Gasteiger partial charge in [0.15, 0.2) is 0 Å². The molecule has 2 aromatic rings. The molecule has 0 aliphatic heterocycles. The second kappa shape index (κ2) is 7.23. The summed E-state index contributed by atoms with van der Waals surface area (Å²) in [6.45, 7) is 6.44. The Morgan fingerprint density at radius 2 is 1.77 bits per heavy atom. The molecule has 0 spiro atoms. The molecular weight excluding hydrogens is 274 g/mol. The van der Waals surface area contributed by atoms with Gasteiger partial charge in [0.05, 0.1) is 0 Å². The first-order chi connectivity index (χ1) is 10.5. The molecule has 0 heterocycles. The monoisotopic (exact) mass is 297 g/mol. The summed E-state index contributed by atoms with van der Waals surface area (Å²) in [6, 6.07) is 16.1. The third-order valence-electron chi connectivity index (χ3n) is 3.77. The first-order valence-corrected chi connectivity index (χ1v) is 7.59. The Balaban J connectivity index is 2.11. The van der Waals surface area contributed by atoms with Gasteiger partial charge in [0, 0.05) is 6.54 Å². The molecule has 0 fully saturated rings. The van der Waals surface area contributed by atoms with Crippen LogP contribution < -0.4 is 5.32 Å². The first kappa shape index (κ1) is 16.2. The van der Waals surface area contributed by atoms with Crippen LogP contribution in [0.1, 0.15) is 25.0 Å². The predicted octanol–water partition coefficient (Wildman–Crippen LogP) is 3.86. The maximum absolute atomic E-state index is 11.2. The molecule has 2 N–H and O–H groups in total. The van der Waals surface area contributed by atoms with Crippen LogP contribution in [0.15, 0.2) is 48.5 Å². The molecule has 0 radical (unpaired) electrons. The van der Waals surface area contributed by atoms with Gasteiger partial charge in [0.1, 0.15) is 6.04 Å². The van der Waals surface area contributed by atoms with Crippen molar-refractivity contribution < 1.29 is 9.90 Å². The number of rotatable bonds is 6. The Kier molecular flexibility index (Phi) is 5.34. The Morgan fingerprint density at radius 3 is 2.36 bits per heavy atom. The van der Waals surface area contributed by atoms with Crippen molar-refractivity contribution in [2.24, 2.45) is 5.92 Å². The van der Waals surface area contributed by atoms with Gasteiger partial charge in [-0.2, -0.15) is 0 Å². The van der Waals surface area contributed by atoms with Crippen molar-refractivity contribution >= 4 is 5.97 Å². The van der Waals surface area contributed by atoms with E-state index in [4.69, 9.17) is 0 Å². The van der Waals surface area contributed by atoms with E-state index in [0.29, 0.717) is 6.54 Å². The Hall–Kier alpha value is -2.13. The fourth-order valence-electron chi connectivity index (χ4n) is 2.44. The maximum Gasteiger partial charge on any atom is 0.320 e. The molecule has 0 aliphatic rings. The first-order valence-electron chi connectivity index (χ1n) is 7.59. The highest BCUT2D eigenvalue weighted by atomic mass is 16.4. The van der Waals surface area contributed by atoms with Crippen LogP contribution in [0.25, 0.3) is 11.1 Å². The van der Waals surface area contributed by atoms with Crippen LogP contribution >= 0.6 is 0 Å². The highest BCUT2D eigenvalue weighted by Gasteiger charge is 2.20. The second-order valence-corrected chi connectivity index (χ2v) is 6.01. The van der Waals surface area contributed by atoms with Gasteiger partial charge in [0.2, 0.25) is 0 Å². The van der Waals surface area contributed by atoms with E-state index in [0.717, 1.165) is 11.1 Å². The van der Waals surface area contributed by atoms with E-state index in [1.165, 1.54) is 11.1 Å². The maximum atomic E-state index is 11.2. The lowest BCUT2D eigenvalue weighted by Crippen LogP contribution is -2.40. The summed E-state index contributed by atoms with van der Waals surface area (Å²) in [6.07, 6.45) is 0. The van der Waals surface area contributed by atoms with E-state index in [1.807, 2.05) is 26.0 Å². The molecule has 0 bridgehead atoms. The average molecular weight is 297 g/mol. The standard InChI is InChI=1S/C19H23NO2/c1-13(2)18(19(21)22)20-12-15-5-4-6-17(11-15)16-9-7-14(3)8-10-16/h4-11,13,18,20H,12H2,1-3H3,(H,21,22). The van der Waals surface area contributed by atoms with E-state index >= 15 is 0 Å². The highest BCUT2D eigenvalue weighted by molar-refractivity contribution is 5.73. The van der Waals surface area contributed by atoms with E-state index in [2.05, 4.69) is 48.6 Å². The second-order valence-electron chi connectivity index (χ2n) is 6.01. The summed E-state index contributed by atoms with van der Waals surface area (Å²) in [5.74, 6) is -0.748. The van der Waals surface area contributed by atoms with Crippen molar-refractivity contribution in [3.63, 3.8) is 0 Å². The van der Waals surface area contributed by atoms with Crippen LogP contribution in [0.4, 0.5) is 0 Å². The number of hydrogen-bond donors (Lipinski definition) is 2. The summed E-state index contributed by atoms with van der Waals surface area (Å²) >= 11 is 0. The van der Waals surface area contributed by atoms with Gasteiger partial charge >= 0.3 is 5.97 Å².